The third-order valence-electron chi connectivity index (χ3n) is 2.84. The molecule has 0 aliphatic carbocycles. The van der Waals surface area contributed by atoms with E-state index in [2.05, 4.69) is 28.9 Å². The standard InChI is InChI=1S/C17H17N3O3/c1-4-7-14(5-2)18-17(22)16(19-20-23)15(21)11-13-9-6-8-12(3)10-13/h4-10H,1-2,11H2,3H3,(H,18,22)/b14-7+,19-16-. The van der Waals surface area contributed by atoms with Gasteiger partial charge < -0.3 is 5.32 Å². The van der Waals surface area contributed by atoms with Crippen molar-refractivity contribution >= 4 is 17.4 Å². The first-order valence-electron chi connectivity index (χ1n) is 6.77. The number of carbonyl (C=O) groups is 2. The van der Waals surface area contributed by atoms with Gasteiger partial charge in [0.2, 0.25) is 0 Å². The number of benzene rings is 1. The summed E-state index contributed by atoms with van der Waals surface area (Å²) in [4.78, 5) is 34.7. The van der Waals surface area contributed by atoms with Gasteiger partial charge in [0.1, 0.15) is 0 Å². The first-order valence-corrected chi connectivity index (χ1v) is 6.77. The van der Waals surface area contributed by atoms with Gasteiger partial charge in [-0.2, -0.15) is 0 Å². The monoisotopic (exact) mass is 311 g/mol. The molecule has 1 amide bonds. The van der Waals surface area contributed by atoms with Crippen LogP contribution in [0.1, 0.15) is 11.1 Å². The molecule has 1 aromatic carbocycles. The van der Waals surface area contributed by atoms with Gasteiger partial charge in [-0.1, -0.05) is 49.1 Å². The largest absolute Gasteiger partial charge is 0.321 e. The van der Waals surface area contributed by atoms with Crippen LogP contribution in [-0.4, -0.2) is 17.4 Å². The summed E-state index contributed by atoms with van der Waals surface area (Å²) in [7, 11) is 0. The van der Waals surface area contributed by atoms with Gasteiger partial charge in [0.15, 0.2) is 11.5 Å². The van der Waals surface area contributed by atoms with Crippen molar-refractivity contribution in [3.63, 3.8) is 0 Å². The maximum Gasteiger partial charge on any atom is 0.280 e. The zero-order chi connectivity index (χ0) is 17.2. The smallest absolute Gasteiger partial charge is 0.280 e. The fourth-order valence-electron chi connectivity index (χ4n) is 1.84. The second-order valence-corrected chi connectivity index (χ2v) is 4.64. The van der Waals surface area contributed by atoms with Crippen LogP contribution in [0.3, 0.4) is 0 Å². The number of carbonyl (C=O) groups excluding carboxylic acids is 2. The molecule has 0 spiro atoms. The number of ketones is 1. The number of nitroso groups, excluding NO2 is 1. The summed E-state index contributed by atoms with van der Waals surface area (Å²) in [5.74, 6) is -1.43. The zero-order valence-corrected chi connectivity index (χ0v) is 12.8. The van der Waals surface area contributed by atoms with Crippen LogP contribution in [0, 0.1) is 11.8 Å². The van der Waals surface area contributed by atoms with E-state index in [0.29, 0.717) is 11.3 Å². The average molecular weight is 311 g/mol. The van der Waals surface area contributed by atoms with Gasteiger partial charge in [0, 0.05) is 12.1 Å². The molecule has 0 saturated carbocycles. The molecule has 0 heterocycles. The van der Waals surface area contributed by atoms with Crippen LogP contribution in [0.25, 0.3) is 0 Å². The van der Waals surface area contributed by atoms with E-state index in [1.165, 1.54) is 18.2 Å². The minimum absolute atomic E-state index is 0.0575. The molecule has 1 rings (SSSR count). The molecular weight excluding hydrogens is 294 g/mol. The van der Waals surface area contributed by atoms with E-state index in [1.54, 1.807) is 12.1 Å². The average Bonchev–Trinajstić information content (AvgIpc) is 2.51. The number of aryl methyl sites for hydroxylation is 1. The number of allylic oxidation sites excluding steroid dienone is 3. The highest BCUT2D eigenvalue weighted by Crippen LogP contribution is 2.06. The number of hydrogen-bond donors (Lipinski definition) is 1. The van der Waals surface area contributed by atoms with Crippen molar-refractivity contribution in [1.82, 2.24) is 5.32 Å². The third-order valence-corrected chi connectivity index (χ3v) is 2.84. The first-order chi connectivity index (χ1) is 11.0. The summed E-state index contributed by atoms with van der Waals surface area (Å²) in [5, 5.41) is 7.85. The number of nitrogens with one attached hydrogen (secondary N) is 1. The zero-order valence-electron chi connectivity index (χ0n) is 12.8. The molecule has 23 heavy (non-hydrogen) atoms. The van der Waals surface area contributed by atoms with Crippen LogP contribution in [0.5, 0.6) is 0 Å². The summed E-state index contributed by atoms with van der Waals surface area (Å²) in [6, 6.07) is 7.25. The van der Waals surface area contributed by atoms with E-state index in [1.807, 2.05) is 19.1 Å². The number of Topliss-reactive ketones (excluding diaryl/α,β-unsaturated/α-hetero) is 1. The Morgan fingerprint density at radius 2 is 2.04 bits per heavy atom. The molecule has 0 atom stereocenters. The van der Waals surface area contributed by atoms with E-state index in [4.69, 9.17) is 0 Å². The van der Waals surface area contributed by atoms with Crippen molar-refractivity contribution < 1.29 is 9.59 Å². The molecule has 0 bridgehead atoms. The molecule has 0 saturated heterocycles. The van der Waals surface area contributed by atoms with Gasteiger partial charge in [0.05, 0.1) is 5.29 Å². The third kappa shape index (κ3) is 5.62. The SMILES string of the molecule is C=C/C=C(\C=C)NC(=O)/C(=N\N=O)C(=O)Cc1cccc(C)c1. The second-order valence-electron chi connectivity index (χ2n) is 4.64. The Kier molecular flexibility index (Phi) is 7.00. The molecule has 0 fully saturated rings. The highest BCUT2D eigenvalue weighted by Gasteiger charge is 2.21. The number of rotatable bonds is 8. The predicted molar refractivity (Wildman–Crippen MR) is 89.7 cm³/mol. The van der Waals surface area contributed by atoms with Crippen molar-refractivity contribution in [3.05, 3.63) is 77.4 Å². The van der Waals surface area contributed by atoms with Gasteiger partial charge in [-0.3, -0.25) is 9.59 Å². The van der Waals surface area contributed by atoms with E-state index in [-0.39, 0.29) is 6.42 Å². The molecule has 6 nitrogen and oxygen atoms in total. The Bertz CT molecular complexity index is 703. The summed E-state index contributed by atoms with van der Waals surface area (Å²) in [6.07, 6.45) is 4.25. The van der Waals surface area contributed by atoms with Crippen molar-refractivity contribution in [2.75, 3.05) is 0 Å². The van der Waals surface area contributed by atoms with Crippen LogP contribution in [0.15, 0.2) is 71.7 Å². The normalized spacial score (nSPS) is 11.5. The summed E-state index contributed by atoms with van der Waals surface area (Å²) >= 11 is 0. The maximum atomic E-state index is 12.2. The number of hydrogen-bond acceptors (Lipinski definition) is 4. The highest BCUT2D eigenvalue weighted by molar-refractivity contribution is 6.65. The highest BCUT2D eigenvalue weighted by atomic mass is 16.3. The van der Waals surface area contributed by atoms with Crippen molar-refractivity contribution in [3.8, 4) is 0 Å². The van der Waals surface area contributed by atoms with Gasteiger partial charge in [-0.15, -0.1) is 10.0 Å². The second kappa shape index (κ2) is 8.99. The lowest BCUT2D eigenvalue weighted by molar-refractivity contribution is -0.117. The molecule has 0 radical (unpaired) electrons. The molecule has 0 aliphatic rings. The number of amides is 1. The van der Waals surface area contributed by atoms with E-state index < -0.39 is 17.4 Å². The van der Waals surface area contributed by atoms with E-state index in [0.717, 1.165) is 5.56 Å². The molecule has 0 unspecified atom stereocenters. The minimum atomic E-state index is -0.824. The molecule has 6 heteroatoms. The summed E-state index contributed by atoms with van der Waals surface area (Å²) in [5.41, 5.74) is 1.46. The fraction of sp³-hybridized carbons (Fsp3) is 0.118. The molecule has 118 valence electrons. The van der Waals surface area contributed by atoms with Gasteiger partial charge >= 0.3 is 0 Å². The van der Waals surface area contributed by atoms with Crippen LogP contribution in [-0.2, 0) is 16.0 Å². The number of nitrogens with zero attached hydrogens (tertiary/aromatic N) is 2. The Morgan fingerprint density at radius 1 is 1.30 bits per heavy atom. The predicted octanol–water partition coefficient (Wildman–Crippen LogP) is 2.60. The van der Waals surface area contributed by atoms with Gasteiger partial charge in [-0.05, 0) is 24.6 Å². The molecule has 0 aliphatic heterocycles. The van der Waals surface area contributed by atoms with Crippen LogP contribution in [0.2, 0.25) is 0 Å². The molecule has 1 aromatic rings. The van der Waals surface area contributed by atoms with Crippen LogP contribution in [0.4, 0.5) is 0 Å². The van der Waals surface area contributed by atoms with Crippen LogP contribution < -0.4 is 5.32 Å². The molecule has 0 aromatic heterocycles. The van der Waals surface area contributed by atoms with Crippen molar-refractivity contribution in [1.29, 1.82) is 0 Å². The topological polar surface area (TPSA) is 88.0 Å². The quantitative estimate of drug-likeness (QED) is 0.263. The summed E-state index contributed by atoms with van der Waals surface area (Å²) in [6.45, 7) is 8.90. The lowest BCUT2D eigenvalue weighted by Gasteiger charge is -2.07. The Hall–Kier alpha value is -3.15. The fourth-order valence-corrected chi connectivity index (χ4v) is 1.84. The Morgan fingerprint density at radius 3 is 2.61 bits per heavy atom. The lowest BCUT2D eigenvalue weighted by atomic mass is 10.0. The van der Waals surface area contributed by atoms with E-state index >= 15 is 0 Å². The van der Waals surface area contributed by atoms with Crippen molar-refractivity contribution in [2.24, 2.45) is 10.4 Å². The molecular formula is C17H17N3O3. The lowest BCUT2D eigenvalue weighted by Crippen LogP contribution is -2.35. The van der Waals surface area contributed by atoms with Crippen molar-refractivity contribution in [2.45, 2.75) is 13.3 Å². The van der Waals surface area contributed by atoms with E-state index in [9.17, 15) is 14.5 Å². The minimum Gasteiger partial charge on any atom is -0.321 e. The van der Waals surface area contributed by atoms with Gasteiger partial charge in [-0.25, -0.2) is 0 Å². The maximum absolute atomic E-state index is 12.2. The first kappa shape index (κ1) is 17.9. The Labute approximate surface area is 134 Å². The van der Waals surface area contributed by atoms with Gasteiger partial charge in [0.25, 0.3) is 5.91 Å². The summed E-state index contributed by atoms with van der Waals surface area (Å²) < 4.78 is 0. The Balaban J connectivity index is 2.95. The van der Waals surface area contributed by atoms with Crippen LogP contribution >= 0.6 is 0 Å². The molecule has 1 N–H and O–H groups in total.